The molecule has 0 radical (unpaired) electrons. The number of anilines is 1. The molecule has 1 aromatic rings. The van der Waals surface area contributed by atoms with Crippen LogP contribution >= 0.6 is 0 Å². The summed E-state index contributed by atoms with van der Waals surface area (Å²) in [6.45, 7) is 6.35. The van der Waals surface area contributed by atoms with Crippen molar-refractivity contribution in [3.8, 4) is 0 Å². The quantitative estimate of drug-likeness (QED) is 0.753. The van der Waals surface area contributed by atoms with Crippen LogP contribution in [0.1, 0.15) is 52.0 Å². The van der Waals surface area contributed by atoms with Crippen LogP contribution in [0, 0.1) is 5.92 Å². The number of benzene rings is 1. The molecule has 0 fully saturated rings. The molecule has 1 amide bonds. The topological polar surface area (TPSA) is 57.6 Å². The Morgan fingerprint density at radius 1 is 1.18 bits per heavy atom. The summed E-state index contributed by atoms with van der Waals surface area (Å²) in [7, 11) is 0. The summed E-state index contributed by atoms with van der Waals surface area (Å²) in [6.07, 6.45) is 3.72. The Labute approximate surface area is 133 Å². The number of hydrogen-bond acceptors (Lipinski definition) is 2. The van der Waals surface area contributed by atoms with Crippen molar-refractivity contribution in [2.24, 2.45) is 5.92 Å². The zero-order chi connectivity index (χ0) is 16.5. The van der Waals surface area contributed by atoms with Gasteiger partial charge in [-0.15, -0.1) is 0 Å². The predicted octanol–water partition coefficient (Wildman–Crippen LogP) is 3.88. The molecule has 0 atom stereocenters. The van der Waals surface area contributed by atoms with Crippen LogP contribution in [0.15, 0.2) is 24.3 Å². The van der Waals surface area contributed by atoms with Crippen molar-refractivity contribution in [3.63, 3.8) is 0 Å². The van der Waals surface area contributed by atoms with Gasteiger partial charge in [-0.25, -0.2) is 0 Å². The minimum Gasteiger partial charge on any atom is -0.481 e. The van der Waals surface area contributed by atoms with Crippen LogP contribution in [0.2, 0.25) is 0 Å². The van der Waals surface area contributed by atoms with Crippen molar-refractivity contribution in [1.82, 2.24) is 0 Å². The van der Waals surface area contributed by atoms with Gasteiger partial charge in [-0.3, -0.25) is 9.59 Å². The molecule has 122 valence electrons. The highest BCUT2D eigenvalue weighted by atomic mass is 16.4. The third-order valence-electron chi connectivity index (χ3n) is 3.50. The predicted molar refractivity (Wildman–Crippen MR) is 89.1 cm³/mol. The number of carboxylic acids is 1. The monoisotopic (exact) mass is 305 g/mol. The number of aryl methyl sites for hydroxylation is 1. The van der Waals surface area contributed by atoms with Crippen LogP contribution in [-0.4, -0.2) is 23.5 Å². The first kappa shape index (κ1) is 18.2. The van der Waals surface area contributed by atoms with Crippen LogP contribution in [0.3, 0.4) is 0 Å². The lowest BCUT2D eigenvalue weighted by Crippen LogP contribution is -2.33. The maximum Gasteiger partial charge on any atom is 0.305 e. The maximum atomic E-state index is 12.4. The zero-order valence-corrected chi connectivity index (χ0v) is 13.8. The van der Waals surface area contributed by atoms with E-state index in [4.69, 9.17) is 5.11 Å². The van der Waals surface area contributed by atoms with Crippen molar-refractivity contribution >= 4 is 17.6 Å². The Kier molecular flexibility index (Phi) is 7.64. The molecule has 0 aliphatic heterocycles. The second-order valence-corrected chi connectivity index (χ2v) is 6.06. The van der Waals surface area contributed by atoms with Gasteiger partial charge in [0.2, 0.25) is 5.91 Å². The molecule has 4 heteroatoms. The van der Waals surface area contributed by atoms with E-state index in [9.17, 15) is 9.59 Å². The average molecular weight is 305 g/mol. The van der Waals surface area contributed by atoms with Gasteiger partial charge in [0.25, 0.3) is 0 Å². The number of amides is 1. The molecule has 0 unspecified atom stereocenters. The van der Waals surface area contributed by atoms with E-state index in [2.05, 4.69) is 6.92 Å². The van der Waals surface area contributed by atoms with Crippen LogP contribution in [0.5, 0.6) is 0 Å². The molecule has 0 aliphatic carbocycles. The fraction of sp³-hybridized carbons (Fsp3) is 0.556. The summed E-state index contributed by atoms with van der Waals surface area (Å²) in [4.78, 5) is 24.8. The van der Waals surface area contributed by atoms with Gasteiger partial charge in [-0.2, -0.15) is 0 Å². The Morgan fingerprint density at radius 2 is 1.82 bits per heavy atom. The highest BCUT2D eigenvalue weighted by molar-refractivity contribution is 5.93. The SMILES string of the molecule is CCCCc1ccc(N(CCC(=O)O)C(=O)CC(C)C)cc1. The second kappa shape index (κ2) is 9.23. The molecule has 0 saturated carbocycles. The second-order valence-electron chi connectivity index (χ2n) is 6.06. The van der Waals surface area contributed by atoms with E-state index in [-0.39, 0.29) is 24.8 Å². The van der Waals surface area contributed by atoms with E-state index in [0.717, 1.165) is 24.9 Å². The summed E-state index contributed by atoms with van der Waals surface area (Å²) in [6, 6.07) is 7.90. The van der Waals surface area contributed by atoms with Gasteiger partial charge in [0.05, 0.1) is 6.42 Å². The van der Waals surface area contributed by atoms with Crippen molar-refractivity contribution < 1.29 is 14.7 Å². The molecule has 0 saturated heterocycles. The van der Waals surface area contributed by atoms with Crippen molar-refractivity contribution in [1.29, 1.82) is 0 Å². The Morgan fingerprint density at radius 3 is 2.32 bits per heavy atom. The molecule has 1 aromatic carbocycles. The van der Waals surface area contributed by atoms with E-state index < -0.39 is 5.97 Å². The van der Waals surface area contributed by atoms with Gasteiger partial charge >= 0.3 is 5.97 Å². The van der Waals surface area contributed by atoms with E-state index in [1.165, 1.54) is 5.56 Å². The zero-order valence-electron chi connectivity index (χ0n) is 13.8. The first-order chi connectivity index (χ1) is 10.4. The Bertz CT molecular complexity index is 480. The first-order valence-electron chi connectivity index (χ1n) is 8.05. The highest BCUT2D eigenvalue weighted by Crippen LogP contribution is 2.19. The number of aliphatic carboxylic acids is 1. The number of unbranched alkanes of at least 4 members (excludes halogenated alkanes) is 1. The van der Waals surface area contributed by atoms with Crippen LogP contribution in [0.25, 0.3) is 0 Å². The van der Waals surface area contributed by atoms with Gasteiger partial charge in [0, 0.05) is 18.7 Å². The van der Waals surface area contributed by atoms with Gasteiger partial charge in [0.1, 0.15) is 0 Å². The largest absolute Gasteiger partial charge is 0.481 e. The minimum absolute atomic E-state index is 0.0161. The molecule has 22 heavy (non-hydrogen) atoms. The van der Waals surface area contributed by atoms with Crippen LogP contribution in [-0.2, 0) is 16.0 Å². The van der Waals surface area contributed by atoms with Crippen molar-refractivity contribution in [2.75, 3.05) is 11.4 Å². The summed E-state index contributed by atoms with van der Waals surface area (Å²) >= 11 is 0. The van der Waals surface area contributed by atoms with E-state index >= 15 is 0 Å². The standard InChI is InChI=1S/C18H27NO3/c1-4-5-6-15-7-9-16(10-8-15)19(12-11-18(21)22)17(20)13-14(2)3/h7-10,14H,4-6,11-13H2,1-3H3,(H,21,22). The lowest BCUT2D eigenvalue weighted by Gasteiger charge is -2.23. The molecule has 1 N–H and O–H groups in total. The fourth-order valence-corrected chi connectivity index (χ4v) is 2.29. The van der Waals surface area contributed by atoms with Gasteiger partial charge in [-0.05, 0) is 36.5 Å². The third kappa shape index (κ3) is 6.29. The van der Waals surface area contributed by atoms with Crippen molar-refractivity contribution in [2.45, 2.75) is 52.9 Å². The van der Waals surface area contributed by atoms with Gasteiger partial charge in [-0.1, -0.05) is 39.3 Å². The summed E-state index contributed by atoms with van der Waals surface area (Å²) < 4.78 is 0. The average Bonchev–Trinajstić information content (AvgIpc) is 2.45. The highest BCUT2D eigenvalue weighted by Gasteiger charge is 2.17. The molecular formula is C18H27NO3. The van der Waals surface area contributed by atoms with Gasteiger partial charge in [0.15, 0.2) is 0 Å². The number of carboxylic acid groups (broad SMARTS) is 1. The maximum absolute atomic E-state index is 12.4. The smallest absolute Gasteiger partial charge is 0.305 e. The molecule has 0 bridgehead atoms. The molecule has 0 aliphatic rings. The number of carbonyl (C=O) groups is 2. The lowest BCUT2D eigenvalue weighted by atomic mass is 10.1. The fourth-order valence-electron chi connectivity index (χ4n) is 2.29. The summed E-state index contributed by atoms with van der Waals surface area (Å²) in [5, 5.41) is 8.88. The molecule has 0 aromatic heterocycles. The van der Waals surface area contributed by atoms with Crippen molar-refractivity contribution in [3.05, 3.63) is 29.8 Å². The minimum atomic E-state index is -0.887. The lowest BCUT2D eigenvalue weighted by molar-refractivity contribution is -0.136. The van der Waals surface area contributed by atoms with Gasteiger partial charge < -0.3 is 10.0 Å². The molecule has 0 spiro atoms. The van der Waals surface area contributed by atoms with Crippen LogP contribution in [0.4, 0.5) is 5.69 Å². The number of hydrogen-bond donors (Lipinski definition) is 1. The Balaban J connectivity index is 2.84. The molecule has 4 nitrogen and oxygen atoms in total. The summed E-state index contributed by atoms with van der Waals surface area (Å²) in [5.41, 5.74) is 2.03. The number of carbonyl (C=O) groups excluding carboxylic acids is 1. The molecule has 0 heterocycles. The number of rotatable bonds is 9. The molecule has 1 rings (SSSR count). The van der Waals surface area contributed by atoms with E-state index in [1.54, 1.807) is 4.90 Å². The first-order valence-corrected chi connectivity index (χ1v) is 8.05. The van der Waals surface area contributed by atoms with E-state index in [1.807, 2.05) is 38.1 Å². The Hall–Kier alpha value is -1.84. The number of nitrogens with zero attached hydrogens (tertiary/aromatic N) is 1. The summed E-state index contributed by atoms with van der Waals surface area (Å²) in [5.74, 6) is -0.650. The van der Waals surface area contributed by atoms with Crippen LogP contribution < -0.4 is 4.90 Å². The van der Waals surface area contributed by atoms with E-state index in [0.29, 0.717) is 6.42 Å². The molecular weight excluding hydrogens is 278 g/mol. The normalized spacial score (nSPS) is 10.7. The third-order valence-corrected chi connectivity index (χ3v) is 3.50.